The summed E-state index contributed by atoms with van der Waals surface area (Å²) in [7, 11) is 0. The molecule has 2 nitrogen and oxygen atoms in total. The van der Waals surface area contributed by atoms with Crippen LogP contribution in [0.15, 0.2) is 24.3 Å². The minimum Gasteiger partial charge on any atom is -0.396 e. The van der Waals surface area contributed by atoms with Crippen LogP contribution in [0.2, 0.25) is 0 Å². The van der Waals surface area contributed by atoms with Crippen LogP contribution in [0.5, 0.6) is 0 Å². The van der Waals surface area contributed by atoms with Crippen molar-refractivity contribution in [3.63, 3.8) is 0 Å². The molecule has 0 spiro atoms. The molecule has 0 aliphatic rings. The van der Waals surface area contributed by atoms with Gasteiger partial charge in [-0.3, -0.25) is 0 Å². The largest absolute Gasteiger partial charge is 0.396 e. The standard InChI is InChI=1S/C12H19NO/c1-10-3-5-11(6-4-10)7-12(2,8-13)9-14/h3-6,14H,7-9,13H2,1-2H3. The van der Waals surface area contributed by atoms with Gasteiger partial charge in [0.1, 0.15) is 0 Å². The van der Waals surface area contributed by atoms with Crippen LogP contribution >= 0.6 is 0 Å². The van der Waals surface area contributed by atoms with Crippen LogP contribution < -0.4 is 5.73 Å². The third-order valence-electron chi connectivity index (χ3n) is 2.63. The molecule has 0 radical (unpaired) electrons. The second kappa shape index (κ2) is 4.58. The van der Waals surface area contributed by atoms with E-state index in [9.17, 15) is 5.11 Å². The van der Waals surface area contributed by atoms with Gasteiger partial charge < -0.3 is 10.8 Å². The predicted molar refractivity (Wildman–Crippen MR) is 59.1 cm³/mol. The zero-order valence-corrected chi connectivity index (χ0v) is 8.96. The Morgan fingerprint density at radius 2 is 1.86 bits per heavy atom. The van der Waals surface area contributed by atoms with Gasteiger partial charge in [0, 0.05) is 18.6 Å². The average Bonchev–Trinajstić information content (AvgIpc) is 2.21. The number of benzene rings is 1. The molecule has 1 aromatic carbocycles. The van der Waals surface area contributed by atoms with Gasteiger partial charge in [0.25, 0.3) is 0 Å². The molecular formula is C12H19NO. The summed E-state index contributed by atoms with van der Waals surface area (Å²) < 4.78 is 0. The van der Waals surface area contributed by atoms with Crippen LogP contribution in [-0.2, 0) is 6.42 Å². The van der Waals surface area contributed by atoms with Crippen LogP contribution in [-0.4, -0.2) is 18.3 Å². The molecule has 1 rings (SSSR count). The third kappa shape index (κ3) is 2.82. The molecule has 0 aliphatic carbocycles. The van der Waals surface area contributed by atoms with Crippen molar-refractivity contribution in [3.8, 4) is 0 Å². The molecule has 0 bridgehead atoms. The highest BCUT2D eigenvalue weighted by atomic mass is 16.3. The van der Waals surface area contributed by atoms with Crippen LogP contribution in [0.25, 0.3) is 0 Å². The zero-order chi connectivity index (χ0) is 10.6. The molecule has 0 saturated carbocycles. The van der Waals surface area contributed by atoms with Crippen LogP contribution in [0.4, 0.5) is 0 Å². The van der Waals surface area contributed by atoms with E-state index in [2.05, 4.69) is 31.2 Å². The Labute approximate surface area is 85.8 Å². The topological polar surface area (TPSA) is 46.2 Å². The number of rotatable bonds is 4. The molecule has 1 atom stereocenters. The van der Waals surface area contributed by atoms with Crippen molar-refractivity contribution < 1.29 is 5.11 Å². The smallest absolute Gasteiger partial charge is 0.0500 e. The van der Waals surface area contributed by atoms with Crippen molar-refractivity contribution in [2.24, 2.45) is 11.1 Å². The van der Waals surface area contributed by atoms with Crippen LogP contribution in [0.1, 0.15) is 18.1 Å². The summed E-state index contributed by atoms with van der Waals surface area (Å²) in [5.74, 6) is 0. The van der Waals surface area contributed by atoms with E-state index >= 15 is 0 Å². The van der Waals surface area contributed by atoms with Gasteiger partial charge in [-0.25, -0.2) is 0 Å². The van der Waals surface area contributed by atoms with E-state index in [1.807, 2.05) is 6.92 Å². The highest BCUT2D eigenvalue weighted by Gasteiger charge is 2.21. The maximum Gasteiger partial charge on any atom is 0.0500 e. The van der Waals surface area contributed by atoms with Crippen LogP contribution in [0, 0.1) is 12.3 Å². The van der Waals surface area contributed by atoms with Gasteiger partial charge >= 0.3 is 0 Å². The Morgan fingerprint density at radius 1 is 1.29 bits per heavy atom. The second-order valence-corrected chi connectivity index (χ2v) is 4.34. The highest BCUT2D eigenvalue weighted by molar-refractivity contribution is 5.22. The van der Waals surface area contributed by atoms with E-state index in [4.69, 9.17) is 5.73 Å². The lowest BCUT2D eigenvalue weighted by atomic mass is 9.84. The van der Waals surface area contributed by atoms with Crippen molar-refractivity contribution in [1.82, 2.24) is 0 Å². The van der Waals surface area contributed by atoms with E-state index in [0.29, 0.717) is 6.54 Å². The lowest BCUT2D eigenvalue weighted by Gasteiger charge is -2.25. The fourth-order valence-corrected chi connectivity index (χ4v) is 1.39. The number of nitrogens with two attached hydrogens (primary N) is 1. The van der Waals surface area contributed by atoms with Gasteiger partial charge in [-0.15, -0.1) is 0 Å². The molecule has 0 aliphatic heterocycles. The molecule has 3 N–H and O–H groups in total. The molecular weight excluding hydrogens is 174 g/mol. The van der Waals surface area contributed by atoms with Crippen LogP contribution in [0.3, 0.4) is 0 Å². The number of hydrogen-bond donors (Lipinski definition) is 2. The quantitative estimate of drug-likeness (QED) is 0.761. The summed E-state index contributed by atoms with van der Waals surface area (Å²) in [6, 6.07) is 8.37. The Hall–Kier alpha value is -0.860. The summed E-state index contributed by atoms with van der Waals surface area (Å²) in [4.78, 5) is 0. The Morgan fingerprint density at radius 3 is 2.29 bits per heavy atom. The monoisotopic (exact) mass is 193 g/mol. The first kappa shape index (κ1) is 11.2. The summed E-state index contributed by atoms with van der Waals surface area (Å²) in [6.45, 7) is 4.72. The number of aryl methyl sites for hydroxylation is 1. The Kier molecular flexibility index (Phi) is 3.67. The van der Waals surface area contributed by atoms with Gasteiger partial charge in [-0.2, -0.15) is 0 Å². The molecule has 1 aromatic rings. The van der Waals surface area contributed by atoms with Gasteiger partial charge in [0.05, 0.1) is 0 Å². The molecule has 0 amide bonds. The van der Waals surface area contributed by atoms with Gasteiger partial charge in [-0.05, 0) is 18.9 Å². The van der Waals surface area contributed by atoms with E-state index in [1.54, 1.807) is 0 Å². The first-order valence-electron chi connectivity index (χ1n) is 4.96. The second-order valence-electron chi connectivity index (χ2n) is 4.34. The maximum atomic E-state index is 9.22. The maximum absolute atomic E-state index is 9.22. The molecule has 0 aromatic heterocycles. The highest BCUT2D eigenvalue weighted by Crippen LogP contribution is 2.20. The average molecular weight is 193 g/mol. The van der Waals surface area contributed by atoms with E-state index in [0.717, 1.165) is 6.42 Å². The van der Waals surface area contributed by atoms with Crippen molar-refractivity contribution in [2.75, 3.05) is 13.2 Å². The third-order valence-corrected chi connectivity index (χ3v) is 2.63. The molecule has 14 heavy (non-hydrogen) atoms. The molecule has 2 heteroatoms. The number of hydrogen-bond acceptors (Lipinski definition) is 2. The molecule has 0 heterocycles. The van der Waals surface area contributed by atoms with Gasteiger partial charge in [-0.1, -0.05) is 36.8 Å². The van der Waals surface area contributed by atoms with E-state index in [-0.39, 0.29) is 12.0 Å². The Bertz CT molecular complexity index is 275. The molecule has 0 saturated heterocycles. The Balaban J connectivity index is 2.72. The first-order chi connectivity index (χ1) is 6.59. The van der Waals surface area contributed by atoms with Crippen molar-refractivity contribution in [2.45, 2.75) is 20.3 Å². The predicted octanol–water partition coefficient (Wildman–Crippen LogP) is 1.49. The number of aliphatic hydroxyl groups excluding tert-OH is 1. The van der Waals surface area contributed by atoms with E-state index < -0.39 is 0 Å². The summed E-state index contributed by atoms with van der Waals surface area (Å²) >= 11 is 0. The van der Waals surface area contributed by atoms with Gasteiger partial charge in [0.2, 0.25) is 0 Å². The first-order valence-corrected chi connectivity index (χ1v) is 4.96. The fraction of sp³-hybridized carbons (Fsp3) is 0.500. The van der Waals surface area contributed by atoms with E-state index in [1.165, 1.54) is 11.1 Å². The fourth-order valence-electron chi connectivity index (χ4n) is 1.39. The van der Waals surface area contributed by atoms with Gasteiger partial charge in [0.15, 0.2) is 0 Å². The molecule has 1 unspecified atom stereocenters. The van der Waals surface area contributed by atoms with Crippen molar-refractivity contribution in [1.29, 1.82) is 0 Å². The minimum atomic E-state index is -0.185. The lowest BCUT2D eigenvalue weighted by molar-refractivity contribution is 0.149. The summed E-state index contributed by atoms with van der Waals surface area (Å²) in [6.07, 6.45) is 0.834. The zero-order valence-electron chi connectivity index (χ0n) is 8.96. The minimum absolute atomic E-state index is 0.136. The lowest BCUT2D eigenvalue weighted by Crippen LogP contribution is -2.33. The molecule has 0 fully saturated rings. The molecule has 78 valence electrons. The summed E-state index contributed by atoms with van der Waals surface area (Å²) in [5.41, 5.74) is 7.94. The SMILES string of the molecule is Cc1ccc(CC(C)(CN)CO)cc1. The van der Waals surface area contributed by atoms with Crippen molar-refractivity contribution >= 4 is 0 Å². The normalized spacial score (nSPS) is 15.1. The van der Waals surface area contributed by atoms with Crippen molar-refractivity contribution in [3.05, 3.63) is 35.4 Å². The summed E-state index contributed by atoms with van der Waals surface area (Å²) in [5, 5.41) is 9.22. The number of aliphatic hydroxyl groups is 1.